The summed E-state index contributed by atoms with van der Waals surface area (Å²) in [7, 11) is 1.33. The van der Waals surface area contributed by atoms with E-state index in [1.807, 2.05) is 0 Å². The summed E-state index contributed by atoms with van der Waals surface area (Å²) in [5.41, 5.74) is 7.07. The molecule has 2 rings (SSSR count). The molecule has 0 radical (unpaired) electrons. The van der Waals surface area contributed by atoms with Gasteiger partial charge in [-0.1, -0.05) is 18.1 Å². The van der Waals surface area contributed by atoms with Crippen LogP contribution in [0.2, 0.25) is 0 Å². The lowest BCUT2D eigenvalue weighted by atomic mass is 10.1. The van der Waals surface area contributed by atoms with Crippen molar-refractivity contribution in [2.75, 3.05) is 12.4 Å². The highest BCUT2D eigenvalue weighted by atomic mass is 16.5. The van der Waals surface area contributed by atoms with E-state index in [0.29, 0.717) is 22.6 Å². The summed E-state index contributed by atoms with van der Waals surface area (Å²) in [5.74, 6) is 5.46. The maximum absolute atomic E-state index is 11.6. The van der Waals surface area contributed by atoms with Crippen molar-refractivity contribution in [3.05, 3.63) is 59.3 Å². The van der Waals surface area contributed by atoms with Crippen molar-refractivity contribution in [3.63, 3.8) is 0 Å². The molecule has 24 heavy (non-hydrogen) atoms. The number of ether oxygens (including phenoxy) is 1. The molecule has 1 amide bonds. The van der Waals surface area contributed by atoms with Gasteiger partial charge in [-0.2, -0.15) is 0 Å². The Balaban J connectivity index is 2.19. The van der Waals surface area contributed by atoms with Crippen LogP contribution in [0.15, 0.2) is 42.5 Å². The van der Waals surface area contributed by atoms with Crippen LogP contribution in [-0.2, 0) is 9.53 Å². The second-order valence-corrected chi connectivity index (χ2v) is 5.01. The van der Waals surface area contributed by atoms with E-state index in [0.717, 1.165) is 0 Å². The van der Waals surface area contributed by atoms with Crippen molar-refractivity contribution in [2.24, 2.45) is 5.73 Å². The lowest BCUT2D eigenvalue weighted by Crippen LogP contribution is -2.32. The van der Waals surface area contributed by atoms with Crippen molar-refractivity contribution in [1.82, 2.24) is 4.98 Å². The van der Waals surface area contributed by atoms with Gasteiger partial charge in [0.2, 0.25) is 5.91 Å². The summed E-state index contributed by atoms with van der Waals surface area (Å²) in [4.78, 5) is 27.3. The number of hydrogen-bond acceptors (Lipinski definition) is 5. The first kappa shape index (κ1) is 17.2. The maximum Gasteiger partial charge on any atom is 0.337 e. The van der Waals surface area contributed by atoms with Crippen LogP contribution in [0, 0.1) is 11.8 Å². The molecule has 0 aliphatic rings. The summed E-state index contributed by atoms with van der Waals surface area (Å²) in [6.45, 7) is 1.59. The van der Waals surface area contributed by atoms with E-state index in [1.54, 1.807) is 49.4 Å². The normalized spacial score (nSPS) is 11.0. The number of esters is 1. The second kappa shape index (κ2) is 7.90. The smallest absolute Gasteiger partial charge is 0.337 e. The van der Waals surface area contributed by atoms with E-state index in [4.69, 9.17) is 5.73 Å². The molecular formula is C18H17N3O3. The number of rotatable bonds is 3. The maximum atomic E-state index is 11.6. The van der Waals surface area contributed by atoms with Crippen LogP contribution in [0.3, 0.4) is 0 Å². The van der Waals surface area contributed by atoms with Gasteiger partial charge < -0.3 is 15.8 Å². The minimum atomic E-state index is -0.623. The zero-order chi connectivity index (χ0) is 17.5. The van der Waals surface area contributed by atoms with Gasteiger partial charge >= 0.3 is 5.97 Å². The molecule has 0 bridgehead atoms. The molecule has 0 spiro atoms. The Morgan fingerprint density at radius 1 is 1.21 bits per heavy atom. The van der Waals surface area contributed by atoms with E-state index in [9.17, 15) is 9.59 Å². The molecule has 1 unspecified atom stereocenters. The topological polar surface area (TPSA) is 94.3 Å². The van der Waals surface area contributed by atoms with Gasteiger partial charge in [-0.05, 0) is 43.2 Å². The number of benzene rings is 1. The van der Waals surface area contributed by atoms with Crippen LogP contribution in [-0.4, -0.2) is 30.0 Å². The minimum absolute atomic E-state index is 0.321. The molecule has 2 aromatic rings. The van der Waals surface area contributed by atoms with Gasteiger partial charge in [0.15, 0.2) is 0 Å². The van der Waals surface area contributed by atoms with E-state index in [2.05, 4.69) is 26.9 Å². The van der Waals surface area contributed by atoms with Crippen LogP contribution in [0.25, 0.3) is 0 Å². The fourth-order valence-corrected chi connectivity index (χ4v) is 1.79. The molecule has 0 fully saturated rings. The Hall–Kier alpha value is -3.17. The molecule has 6 nitrogen and oxygen atoms in total. The number of hydrogen-bond donors (Lipinski definition) is 2. The van der Waals surface area contributed by atoms with Crippen LogP contribution in [0.4, 0.5) is 5.82 Å². The molecule has 1 atom stereocenters. The molecule has 3 N–H and O–H groups in total. The number of nitrogens with zero attached hydrogens (tertiary/aromatic N) is 1. The number of nitrogens with one attached hydrogen (secondary N) is 1. The third kappa shape index (κ3) is 4.66. The molecule has 1 aromatic carbocycles. The number of nitrogens with two attached hydrogens (primary N) is 1. The SMILES string of the molecule is COC(=O)c1cccc(C#Cc2cccc(NC(=O)C(C)N)n2)c1. The highest BCUT2D eigenvalue weighted by Gasteiger charge is 2.08. The Morgan fingerprint density at radius 3 is 2.67 bits per heavy atom. The summed E-state index contributed by atoms with van der Waals surface area (Å²) < 4.78 is 4.68. The summed E-state index contributed by atoms with van der Waals surface area (Å²) >= 11 is 0. The second-order valence-electron chi connectivity index (χ2n) is 5.01. The molecule has 1 aromatic heterocycles. The van der Waals surface area contributed by atoms with Gasteiger partial charge in [0, 0.05) is 5.56 Å². The van der Waals surface area contributed by atoms with Gasteiger partial charge in [0.1, 0.15) is 11.5 Å². The molecule has 0 aliphatic carbocycles. The highest BCUT2D eigenvalue weighted by Crippen LogP contribution is 2.07. The Labute approximate surface area is 140 Å². The zero-order valence-electron chi connectivity index (χ0n) is 13.4. The van der Waals surface area contributed by atoms with E-state index in [1.165, 1.54) is 7.11 Å². The lowest BCUT2D eigenvalue weighted by Gasteiger charge is -2.06. The van der Waals surface area contributed by atoms with E-state index < -0.39 is 12.0 Å². The first-order valence-corrected chi connectivity index (χ1v) is 7.23. The zero-order valence-corrected chi connectivity index (χ0v) is 13.4. The molecule has 6 heteroatoms. The lowest BCUT2D eigenvalue weighted by molar-refractivity contribution is -0.117. The third-order valence-corrected chi connectivity index (χ3v) is 3.03. The fourth-order valence-electron chi connectivity index (χ4n) is 1.79. The molecule has 1 heterocycles. The van der Waals surface area contributed by atoms with Crippen LogP contribution in [0.5, 0.6) is 0 Å². The van der Waals surface area contributed by atoms with Crippen molar-refractivity contribution in [2.45, 2.75) is 13.0 Å². The first-order valence-electron chi connectivity index (χ1n) is 7.23. The number of carbonyl (C=O) groups is 2. The number of amides is 1. The number of pyridine rings is 1. The van der Waals surface area contributed by atoms with Crippen molar-refractivity contribution < 1.29 is 14.3 Å². The number of aromatic nitrogens is 1. The van der Waals surface area contributed by atoms with Gasteiger partial charge in [0.25, 0.3) is 0 Å². The average Bonchev–Trinajstić information content (AvgIpc) is 2.59. The van der Waals surface area contributed by atoms with Gasteiger partial charge in [-0.15, -0.1) is 0 Å². The van der Waals surface area contributed by atoms with Crippen LogP contribution >= 0.6 is 0 Å². The van der Waals surface area contributed by atoms with Gasteiger partial charge in [-0.25, -0.2) is 9.78 Å². The van der Waals surface area contributed by atoms with Crippen molar-refractivity contribution >= 4 is 17.7 Å². The van der Waals surface area contributed by atoms with Gasteiger partial charge in [-0.3, -0.25) is 4.79 Å². The first-order chi connectivity index (χ1) is 11.5. The molecule has 0 saturated carbocycles. The van der Waals surface area contributed by atoms with Gasteiger partial charge in [0.05, 0.1) is 18.7 Å². The third-order valence-electron chi connectivity index (χ3n) is 3.03. The van der Waals surface area contributed by atoms with Crippen LogP contribution in [0.1, 0.15) is 28.5 Å². The standard InChI is InChI=1S/C18H17N3O3/c1-12(19)17(22)21-16-8-4-7-15(20-16)10-9-13-5-3-6-14(11-13)18(23)24-2/h3-8,11-12H,19H2,1-2H3,(H,20,21,22). The average molecular weight is 323 g/mol. The molecular weight excluding hydrogens is 306 g/mol. The predicted molar refractivity (Wildman–Crippen MR) is 90.3 cm³/mol. The van der Waals surface area contributed by atoms with E-state index in [-0.39, 0.29) is 5.91 Å². The summed E-state index contributed by atoms with van der Waals surface area (Å²) in [5, 5.41) is 2.61. The Bertz CT molecular complexity index is 819. The van der Waals surface area contributed by atoms with E-state index >= 15 is 0 Å². The number of methoxy groups -OCH3 is 1. The Morgan fingerprint density at radius 2 is 1.96 bits per heavy atom. The number of anilines is 1. The highest BCUT2D eigenvalue weighted by molar-refractivity contribution is 5.93. The monoisotopic (exact) mass is 323 g/mol. The molecule has 0 saturated heterocycles. The van der Waals surface area contributed by atoms with Crippen molar-refractivity contribution in [1.29, 1.82) is 0 Å². The quantitative estimate of drug-likeness (QED) is 0.660. The summed E-state index contributed by atoms with van der Waals surface area (Å²) in [6, 6.07) is 11.3. The fraction of sp³-hybridized carbons (Fsp3) is 0.167. The predicted octanol–water partition coefficient (Wildman–Crippen LogP) is 1.55. The number of carbonyl (C=O) groups excluding carboxylic acids is 2. The minimum Gasteiger partial charge on any atom is -0.465 e. The summed E-state index contributed by atoms with van der Waals surface area (Å²) in [6.07, 6.45) is 0. The molecule has 122 valence electrons. The van der Waals surface area contributed by atoms with Crippen molar-refractivity contribution in [3.8, 4) is 11.8 Å². The Kier molecular flexibility index (Phi) is 5.66. The van der Waals surface area contributed by atoms with Crippen LogP contribution < -0.4 is 11.1 Å². The molecule has 0 aliphatic heterocycles. The largest absolute Gasteiger partial charge is 0.465 e.